The third kappa shape index (κ3) is 3.85. The van der Waals surface area contributed by atoms with Crippen molar-refractivity contribution in [2.45, 2.75) is 0 Å². The number of nitrogens with zero attached hydrogens (tertiary/aromatic N) is 4. The highest BCUT2D eigenvalue weighted by Crippen LogP contribution is 2.23. The van der Waals surface area contributed by atoms with Crippen molar-refractivity contribution in [2.24, 2.45) is 10.9 Å². The van der Waals surface area contributed by atoms with Gasteiger partial charge >= 0.3 is 5.97 Å². The number of pyridine rings is 1. The molecule has 2 N–H and O–H groups in total. The summed E-state index contributed by atoms with van der Waals surface area (Å²) in [6.07, 6.45) is 2.90. The number of carbonyl (C=O) groups excluding carboxylic acids is 1. The van der Waals surface area contributed by atoms with Crippen LogP contribution in [-0.4, -0.2) is 26.6 Å². The van der Waals surface area contributed by atoms with Crippen LogP contribution in [0.2, 0.25) is 0 Å². The van der Waals surface area contributed by atoms with Gasteiger partial charge in [0.25, 0.3) is 11.4 Å². The van der Waals surface area contributed by atoms with Crippen molar-refractivity contribution >= 4 is 23.2 Å². The van der Waals surface area contributed by atoms with Gasteiger partial charge in [0.05, 0.1) is 21.5 Å². The standard InChI is InChI=1S/C13H9N5O6/c14-12(8-1-3-15-4-2-8)16-24-13(19)9-5-10(17(20)21)7-11(6-9)18(22)23/h1-7H,(H2,14,16). The second kappa shape index (κ2) is 6.91. The number of amidine groups is 1. The number of nitrogens with two attached hydrogens (primary N) is 1. The smallest absolute Gasteiger partial charge is 0.366 e. The average molecular weight is 331 g/mol. The molecule has 0 aliphatic carbocycles. The van der Waals surface area contributed by atoms with Crippen molar-refractivity contribution in [1.29, 1.82) is 0 Å². The number of hydrogen-bond donors (Lipinski definition) is 1. The molecule has 0 saturated carbocycles. The predicted molar refractivity (Wildman–Crippen MR) is 80.1 cm³/mol. The Hall–Kier alpha value is -3.89. The van der Waals surface area contributed by atoms with Crippen LogP contribution in [0.15, 0.2) is 47.9 Å². The lowest BCUT2D eigenvalue weighted by molar-refractivity contribution is -0.394. The topological polar surface area (TPSA) is 164 Å². The molecule has 1 heterocycles. The Morgan fingerprint density at radius 2 is 1.58 bits per heavy atom. The quantitative estimate of drug-likeness (QED) is 0.282. The molecule has 0 atom stereocenters. The number of aromatic nitrogens is 1. The molecule has 1 aromatic carbocycles. The Balaban J connectivity index is 2.26. The molecular weight excluding hydrogens is 322 g/mol. The third-order valence-corrected chi connectivity index (χ3v) is 2.76. The van der Waals surface area contributed by atoms with E-state index in [1.807, 2.05) is 0 Å². The molecule has 122 valence electrons. The van der Waals surface area contributed by atoms with Crippen LogP contribution in [0.3, 0.4) is 0 Å². The van der Waals surface area contributed by atoms with Gasteiger partial charge in [-0.05, 0) is 12.1 Å². The second-order valence-corrected chi connectivity index (χ2v) is 4.34. The van der Waals surface area contributed by atoms with E-state index in [0.29, 0.717) is 5.56 Å². The van der Waals surface area contributed by atoms with Gasteiger partial charge in [-0.15, -0.1) is 0 Å². The number of non-ortho nitro benzene ring substituents is 2. The van der Waals surface area contributed by atoms with Gasteiger partial charge < -0.3 is 10.6 Å². The first-order valence-electron chi connectivity index (χ1n) is 6.27. The number of oxime groups is 1. The molecule has 2 rings (SSSR count). The molecule has 0 aliphatic rings. The fourth-order valence-electron chi connectivity index (χ4n) is 1.64. The van der Waals surface area contributed by atoms with Crippen molar-refractivity contribution in [2.75, 3.05) is 0 Å². The molecule has 11 nitrogen and oxygen atoms in total. The highest BCUT2D eigenvalue weighted by atomic mass is 16.7. The van der Waals surface area contributed by atoms with E-state index in [4.69, 9.17) is 5.73 Å². The largest absolute Gasteiger partial charge is 0.380 e. The van der Waals surface area contributed by atoms with Gasteiger partial charge in [-0.25, -0.2) is 4.79 Å². The number of carbonyl (C=O) groups is 1. The van der Waals surface area contributed by atoms with E-state index in [-0.39, 0.29) is 5.84 Å². The van der Waals surface area contributed by atoms with Crippen molar-refractivity contribution in [3.8, 4) is 0 Å². The lowest BCUT2D eigenvalue weighted by atomic mass is 10.2. The summed E-state index contributed by atoms with van der Waals surface area (Å²) in [5.74, 6) is -1.26. The van der Waals surface area contributed by atoms with Gasteiger partial charge in [0.15, 0.2) is 5.84 Å². The van der Waals surface area contributed by atoms with Crippen molar-refractivity contribution in [1.82, 2.24) is 4.98 Å². The lowest BCUT2D eigenvalue weighted by Crippen LogP contribution is -2.15. The molecule has 1 aromatic heterocycles. The SMILES string of the molecule is N/C(=N\OC(=O)c1cc([N+](=O)[O-])cc([N+](=O)[O-])c1)c1ccncc1. The molecule has 0 fully saturated rings. The number of benzene rings is 1. The van der Waals surface area contributed by atoms with E-state index >= 15 is 0 Å². The number of nitro benzene ring substituents is 2. The van der Waals surface area contributed by atoms with Crippen LogP contribution >= 0.6 is 0 Å². The second-order valence-electron chi connectivity index (χ2n) is 4.34. The summed E-state index contributed by atoms with van der Waals surface area (Å²) >= 11 is 0. The van der Waals surface area contributed by atoms with Crippen LogP contribution in [0.5, 0.6) is 0 Å². The summed E-state index contributed by atoms with van der Waals surface area (Å²) in [6.45, 7) is 0. The van der Waals surface area contributed by atoms with E-state index in [9.17, 15) is 25.0 Å². The molecule has 0 bridgehead atoms. The van der Waals surface area contributed by atoms with E-state index in [2.05, 4.69) is 15.0 Å². The van der Waals surface area contributed by atoms with Crippen molar-refractivity contribution in [3.63, 3.8) is 0 Å². The van der Waals surface area contributed by atoms with Crippen LogP contribution in [0.4, 0.5) is 11.4 Å². The molecule has 0 spiro atoms. The maximum atomic E-state index is 11.9. The first-order chi connectivity index (χ1) is 11.4. The summed E-state index contributed by atoms with van der Waals surface area (Å²) in [5, 5.41) is 25.0. The minimum Gasteiger partial charge on any atom is -0.380 e. The zero-order valence-corrected chi connectivity index (χ0v) is 11.9. The molecule has 0 amide bonds. The molecule has 11 heteroatoms. The highest BCUT2D eigenvalue weighted by Gasteiger charge is 2.21. The Labute approximate surface area is 133 Å². The number of rotatable bonds is 5. The Morgan fingerprint density at radius 1 is 1.04 bits per heavy atom. The summed E-state index contributed by atoms with van der Waals surface area (Å²) in [7, 11) is 0. The molecule has 0 radical (unpaired) electrons. The maximum Gasteiger partial charge on any atom is 0.366 e. The monoisotopic (exact) mass is 331 g/mol. The number of hydrogen-bond acceptors (Lipinski definition) is 8. The zero-order chi connectivity index (χ0) is 17.7. The Kier molecular flexibility index (Phi) is 4.75. The molecule has 2 aromatic rings. The van der Waals surface area contributed by atoms with Crippen LogP contribution in [0.1, 0.15) is 15.9 Å². The average Bonchev–Trinajstić information content (AvgIpc) is 2.59. The van der Waals surface area contributed by atoms with E-state index in [1.54, 1.807) is 0 Å². The van der Waals surface area contributed by atoms with E-state index < -0.39 is 32.8 Å². The Morgan fingerprint density at radius 3 is 2.08 bits per heavy atom. The van der Waals surface area contributed by atoms with Gasteiger partial charge in [0.1, 0.15) is 0 Å². The molecular formula is C13H9N5O6. The summed E-state index contributed by atoms with van der Waals surface area (Å²) in [5.41, 5.74) is 4.39. The van der Waals surface area contributed by atoms with Gasteiger partial charge in [-0.2, -0.15) is 0 Å². The van der Waals surface area contributed by atoms with Gasteiger partial charge in [0.2, 0.25) is 0 Å². The molecule has 0 unspecified atom stereocenters. The Bertz CT molecular complexity index is 804. The van der Waals surface area contributed by atoms with Crippen LogP contribution in [-0.2, 0) is 4.84 Å². The molecule has 0 aliphatic heterocycles. The summed E-state index contributed by atoms with van der Waals surface area (Å²) in [4.78, 5) is 40.1. The van der Waals surface area contributed by atoms with Crippen molar-refractivity contribution in [3.05, 3.63) is 74.1 Å². The fraction of sp³-hybridized carbons (Fsp3) is 0. The van der Waals surface area contributed by atoms with Gasteiger partial charge in [0, 0.05) is 30.1 Å². The highest BCUT2D eigenvalue weighted by molar-refractivity contribution is 5.98. The molecule has 24 heavy (non-hydrogen) atoms. The van der Waals surface area contributed by atoms with Crippen molar-refractivity contribution < 1.29 is 19.5 Å². The number of nitro groups is 2. The van der Waals surface area contributed by atoms with E-state index in [0.717, 1.165) is 18.2 Å². The summed E-state index contributed by atoms with van der Waals surface area (Å²) < 4.78 is 0. The van der Waals surface area contributed by atoms with Crippen LogP contribution in [0, 0.1) is 20.2 Å². The van der Waals surface area contributed by atoms with E-state index in [1.165, 1.54) is 24.5 Å². The van der Waals surface area contributed by atoms with Gasteiger partial charge in [-0.1, -0.05) is 5.16 Å². The lowest BCUT2D eigenvalue weighted by Gasteiger charge is -2.01. The first kappa shape index (κ1) is 16.5. The van der Waals surface area contributed by atoms with Crippen LogP contribution in [0.25, 0.3) is 0 Å². The van der Waals surface area contributed by atoms with Crippen LogP contribution < -0.4 is 5.73 Å². The minimum atomic E-state index is -1.13. The fourth-order valence-corrected chi connectivity index (χ4v) is 1.64. The minimum absolute atomic E-state index is 0.134. The predicted octanol–water partition coefficient (Wildman–Crippen LogP) is 1.38. The first-order valence-corrected chi connectivity index (χ1v) is 6.27. The summed E-state index contributed by atoms with van der Waals surface area (Å²) in [6, 6.07) is 5.45. The normalized spacial score (nSPS) is 10.9. The third-order valence-electron chi connectivity index (χ3n) is 2.76. The molecule has 0 saturated heterocycles. The maximum absolute atomic E-state index is 11.9. The van der Waals surface area contributed by atoms with Gasteiger partial charge in [-0.3, -0.25) is 25.2 Å². The zero-order valence-electron chi connectivity index (χ0n) is 11.9.